The summed E-state index contributed by atoms with van der Waals surface area (Å²) < 4.78 is 1.78. The third-order valence-electron chi connectivity index (χ3n) is 0.648. The van der Waals surface area contributed by atoms with E-state index < -0.39 is 0 Å². The summed E-state index contributed by atoms with van der Waals surface area (Å²) in [6.07, 6.45) is 0. The van der Waals surface area contributed by atoms with E-state index in [2.05, 4.69) is 0 Å². The first kappa shape index (κ1) is 8.01. The molecule has 2 N–H and O–H groups in total. The third-order valence-corrected chi connectivity index (χ3v) is 0.648. The summed E-state index contributed by atoms with van der Waals surface area (Å²) in [7, 11) is 9.14. The van der Waals surface area contributed by atoms with Crippen molar-refractivity contribution in [3.8, 4) is 0 Å². The molecule has 0 aliphatic rings. The molecule has 0 bridgehead atoms. The summed E-state index contributed by atoms with van der Waals surface area (Å²) in [5.74, 6) is 0. The lowest BCUT2D eigenvalue weighted by molar-refractivity contribution is 0.607. The fourth-order valence-corrected chi connectivity index (χ4v) is 0.403. The van der Waals surface area contributed by atoms with Crippen molar-refractivity contribution in [2.75, 3.05) is 21.1 Å². The van der Waals surface area contributed by atoms with Gasteiger partial charge in [0.25, 0.3) is 7.55 Å². The summed E-state index contributed by atoms with van der Waals surface area (Å²) in [4.78, 5) is 1.92. The van der Waals surface area contributed by atoms with Gasteiger partial charge in [-0.25, -0.2) is 0 Å². The smallest absolute Gasteiger partial charge is 0.300 e. The molecule has 0 saturated carbocycles. The van der Waals surface area contributed by atoms with E-state index in [4.69, 9.17) is 5.64 Å². The summed E-state index contributed by atoms with van der Waals surface area (Å²) in [6, 6.07) is 0. The molecule has 0 aromatic rings. The second-order valence-corrected chi connectivity index (χ2v) is 1.89. The molecule has 5 heteroatoms. The van der Waals surface area contributed by atoms with E-state index in [0.29, 0.717) is 0 Å². The van der Waals surface area contributed by atoms with E-state index in [-0.39, 0.29) is 0 Å². The largest absolute Gasteiger partial charge is 0.366 e. The Morgan fingerprint density at radius 1 is 1.25 bits per heavy atom. The maximum absolute atomic E-state index is 5.16. The van der Waals surface area contributed by atoms with Crippen LogP contribution in [0.2, 0.25) is 0 Å². The lowest BCUT2D eigenvalue weighted by atomic mass is 9.96. The predicted octanol–water partition coefficient (Wildman–Crippen LogP) is -1.49. The van der Waals surface area contributed by atoms with Gasteiger partial charge in [0.2, 0.25) is 0 Å². The van der Waals surface area contributed by atoms with Gasteiger partial charge < -0.3 is 15.2 Å². The summed E-state index contributed by atoms with van der Waals surface area (Å²) in [6.45, 7) is 0. The molecule has 0 rings (SSSR count). The molecule has 0 aliphatic carbocycles. The number of nitrogens with two attached hydrogens (primary N) is 1. The van der Waals surface area contributed by atoms with Gasteiger partial charge in [-0.05, 0) is 21.1 Å². The zero-order valence-electron chi connectivity index (χ0n) is 5.63. The van der Waals surface area contributed by atoms with Gasteiger partial charge in [-0.3, -0.25) is 0 Å². The molecule has 0 unspecified atom stereocenters. The van der Waals surface area contributed by atoms with Crippen LogP contribution in [0.4, 0.5) is 0 Å². The van der Waals surface area contributed by atoms with Crippen LogP contribution in [0, 0.1) is 0 Å². The maximum Gasteiger partial charge on any atom is 0.300 e. The number of nitrogens with zero attached hydrogens (tertiary/aromatic N) is 2. The first-order valence-electron chi connectivity index (χ1n) is 2.45. The highest BCUT2D eigenvalue weighted by atomic mass is 15.1. The molecule has 3 nitrogen and oxygen atoms in total. The Kier molecular flexibility index (Phi) is 3.95. The van der Waals surface area contributed by atoms with E-state index in [1.54, 1.807) is 4.72 Å². The molecule has 44 valence electrons. The topological polar surface area (TPSA) is 32.5 Å². The summed E-state index contributed by atoms with van der Waals surface area (Å²) in [5, 5.41) is 0. The van der Waals surface area contributed by atoms with Crippen molar-refractivity contribution >= 4 is 15.1 Å². The first-order valence-corrected chi connectivity index (χ1v) is 2.45. The number of rotatable bonds is 3. The predicted molar refractivity (Wildman–Crippen MR) is 37.1 cm³/mol. The first-order chi connectivity index (χ1) is 3.66. The standard InChI is InChI=1S/C3H11B2N3/c1-7(2)5-8(3)4-6/h6H2,1-3H3. The van der Waals surface area contributed by atoms with Gasteiger partial charge >= 0.3 is 7.55 Å². The third kappa shape index (κ3) is 4.18. The normalized spacial score (nSPS) is 10.2. The Hall–Kier alpha value is 0.00987. The van der Waals surface area contributed by atoms with Gasteiger partial charge in [0, 0.05) is 0 Å². The molecule has 0 spiro atoms. The van der Waals surface area contributed by atoms with E-state index in [9.17, 15) is 0 Å². The van der Waals surface area contributed by atoms with Crippen molar-refractivity contribution in [3.05, 3.63) is 0 Å². The van der Waals surface area contributed by atoms with Crippen LogP contribution in [0.5, 0.6) is 0 Å². The van der Waals surface area contributed by atoms with Crippen molar-refractivity contribution < 1.29 is 0 Å². The van der Waals surface area contributed by atoms with Gasteiger partial charge in [-0.1, -0.05) is 0 Å². The van der Waals surface area contributed by atoms with Crippen LogP contribution >= 0.6 is 0 Å². The van der Waals surface area contributed by atoms with Gasteiger partial charge in [-0.2, -0.15) is 0 Å². The molecule has 0 aromatic carbocycles. The van der Waals surface area contributed by atoms with Crippen LogP contribution in [-0.2, 0) is 0 Å². The van der Waals surface area contributed by atoms with Crippen molar-refractivity contribution in [1.82, 2.24) is 9.53 Å². The minimum absolute atomic E-state index is 1.50. The van der Waals surface area contributed by atoms with E-state index in [0.717, 1.165) is 0 Å². The van der Waals surface area contributed by atoms with E-state index in [1.165, 1.54) is 7.55 Å². The molecule has 0 aromatic heterocycles. The van der Waals surface area contributed by atoms with Crippen LogP contribution in [0.15, 0.2) is 0 Å². The highest BCUT2D eigenvalue weighted by Gasteiger charge is 1.99. The minimum atomic E-state index is 1.50. The molecule has 0 fully saturated rings. The molecule has 8 heavy (non-hydrogen) atoms. The minimum Gasteiger partial charge on any atom is -0.366 e. The van der Waals surface area contributed by atoms with Crippen LogP contribution in [0.3, 0.4) is 0 Å². The molecule has 0 aliphatic heterocycles. The van der Waals surface area contributed by atoms with Gasteiger partial charge in [0.1, 0.15) is 0 Å². The van der Waals surface area contributed by atoms with E-state index in [1.807, 2.05) is 33.5 Å². The Balaban J connectivity index is 3.10. The second kappa shape index (κ2) is 3.95. The molecule has 0 saturated heterocycles. The molecular formula is C3H11B2N3. The zero-order valence-corrected chi connectivity index (χ0v) is 5.63. The van der Waals surface area contributed by atoms with Crippen molar-refractivity contribution in [1.29, 1.82) is 0 Å². The van der Waals surface area contributed by atoms with E-state index >= 15 is 0 Å². The molecule has 2 radical (unpaired) electrons. The Morgan fingerprint density at radius 2 is 1.75 bits per heavy atom. The molecular weight excluding hydrogens is 99.7 g/mol. The fourth-order valence-electron chi connectivity index (χ4n) is 0.403. The molecule has 0 heterocycles. The summed E-state index contributed by atoms with van der Waals surface area (Å²) >= 11 is 0. The Morgan fingerprint density at radius 3 is 1.88 bits per heavy atom. The average Bonchev–Trinajstić information content (AvgIpc) is 1.65. The van der Waals surface area contributed by atoms with Gasteiger partial charge in [-0.15, -0.1) is 0 Å². The average molecular weight is 111 g/mol. The van der Waals surface area contributed by atoms with Crippen LogP contribution in [0.1, 0.15) is 0 Å². The number of hydrogen-bond donors (Lipinski definition) is 1. The van der Waals surface area contributed by atoms with Crippen LogP contribution < -0.4 is 5.64 Å². The second-order valence-electron chi connectivity index (χ2n) is 1.89. The van der Waals surface area contributed by atoms with Gasteiger partial charge in [0.15, 0.2) is 0 Å². The van der Waals surface area contributed by atoms with Crippen molar-refractivity contribution in [2.45, 2.75) is 0 Å². The molecule has 0 atom stereocenters. The lowest BCUT2D eigenvalue weighted by Gasteiger charge is -2.14. The maximum atomic E-state index is 5.16. The van der Waals surface area contributed by atoms with Crippen LogP contribution in [0.25, 0.3) is 0 Å². The highest BCUT2D eigenvalue weighted by Crippen LogP contribution is 1.72. The number of hydrogen-bond acceptors (Lipinski definition) is 3. The quantitative estimate of drug-likeness (QED) is 0.450. The van der Waals surface area contributed by atoms with Gasteiger partial charge in [0.05, 0.1) is 0 Å². The van der Waals surface area contributed by atoms with Crippen LogP contribution in [-0.4, -0.2) is 45.8 Å². The van der Waals surface area contributed by atoms with Crippen molar-refractivity contribution in [2.24, 2.45) is 5.64 Å². The highest BCUT2D eigenvalue weighted by molar-refractivity contribution is 6.46. The Labute approximate surface area is 52.4 Å². The monoisotopic (exact) mass is 111 g/mol. The lowest BCUT2D eigenvalue weighted by Crippen LogP contribution is -2.40. The fraction of sp³-hybridized carbons (Fsp3) is 1.00. The Bertz CT molecular complexity index is 58.5. The SMILES string of the molecule is CN(C)[B]N(C)[B]N. The van der Waals surface area contributed by atoms with Crippen molar-refractivity contribution in [3.63, 3.8) is 0 Å². The molecule has 0 amide bonds. The zero-order chi connectivity index (χ0) is 6.57. The summed E-state index contributed by atoms with van der Waals surface area (Å²) in [5.41, 5.74) is 5.16.